The summed E-state index contributed by atoms with van der Waals surface area (Å²) in [7, 11) is -3.32. The van der Waals surface area contributed by atoms with Gasteiger partial charge in [0.25, 0.3) is 0 Å². The van der Waals surface area contributed by atoms with E-state index in [4.69, 9.17) is 4.74 Å². The molecule has 34 heavy (non-hydrogen) atoms. The lowest BCUT2D eigenvalue weighted by Crippen LogP contribution is -1.98. The van der Waals surface area contributed by atoms with Crippen molar-refractivity contribution in [2.45, 2.75) is 11.3 Å². The van der Waals surface area contributed by atoms with Crippen molar-refractivity contribution in [1.82, 2.24) is 15.0 Å². The van der Waals surface area contributed by atoms with Crippen LogP contribution >= 0.6 is 0 Å². The number of aromatic nitrogens is 3. The molecule has 6 nitrogen and oxygen atoms in total. The maximum Gasteiger partial charge on any atom is 0.175 e. The van der Waals surface area contributed by atoms with Crippen molar-refractivity contribution in [3.8, 4) is 23.0 Å². The van der Waals surface area contributed by atoms with Crippen molar-refractivity contribution in [1.29, 1.82) is 0 Å². The van der Waals surface area contributed by atoms with Crippen molar-refractivity contribution in [2.24, 2.45) is 0 Å². The van der Waals surface area contributed by atoms with Crippen LogP contribution in [-0.2, 0) is 16.3 Å². The molecule has 0 amide bonds. The Morgan fingerprint density at radius 2 is 1.71 bits per heavy atom. The Morgan fingerprint density at radius 1 is 0.941 bits per heavy atom. The van der Waals surface area contributed by atoms with Gasteiger partial charge in [0.15, 0.2) is 15.7 Å². The molecule has 1 N–H and O–H groups in total. The minimum Gasteiger partial charge on any atom is -0.457 e. The van der Waals surface area contributed by atoms with Crippen LogP contribution in [0, 0.1) is 5.82 Å². The number of imidazole rings is 1. The summed E-state index contributed by atoms with van der Waals surface area (Å²) in [6.45, 7) is 0. The van der Waals surface area contributed by atoms with E-state index in [-0.39, 0.29) is 10.7 Å². The van der Waals surface area contributed by atoms with Gasteiger partial charge in [0.2, 0.25) is 0 Å². The largest absolute Gasteiger partial charge is 0.457 e. The molecule has 0 unspecified atom stereocenters. The number of sulfone groups is 1. The van der Waals surface area contributed by atoms with E-state index in [0.717, 1.165) is 17.3 Å². The molecule has 170 valence electrons. The predicted molar refractivity (Wildman–Crippen MR) is 128 cm³/mol. The van der Waals surface area contributed by atoms with Gasteiger partial charge in [0.05, 0.1) is 15.9 Å². The number of hydrogen-bond donors (Lipinski definition) is 1. The van der Waals surface area contributed by atoms with E-state index in [1.807, 2.05) is 24.3 Å². The van der Waals surface area contributed by atoms with E-state index in [9.17, 15) is 12.8 Å². The van der Waals surface area contributed by atoms with Crippen molar-refractivity contribution < 1.29 is 17.5 Å². The Kier molecular flexibility index (Phi) is 5.59. The molecule has 0 aliphatic heterocycles. The molecule has 0 saturated carbocycles. The first kappa shape index (κ1) is 21.8. The second-order valence-electron chi connectivity index (χ2n) is 7.89. The predicted octanol–water partition coefficient (Wildman–Crippen LogP) is 5.55. The molecule has 0 spiro atoms. The molecule has 3 aromatic carbocycles. The summed E-state index contributed by atoms with van der Waals surface area (Å²) in [5.41, 5.74) is 3.42. The highest BCUT2D eigenvalue weighted by molar-refractivity contribution is 7.90. The average Bonchev–Trinajstić information content (AvgIpc) is 3.24. The quantitative estimate of drug-likeness (QED) is 0.349. The number of aromatic amines is 1. The van der Waals surface area contributed by atoms with Crippen molar-refractivity contribution in [3.63, 3.8) is 0 Å². The molecule has 0 aliphatic rings. The van der Waals surface area contributed by atoms with Crippen LogP contribution in [0.4, 0.5) is 4.39 Å². The molecule has 0 aliphatic carbocycles. The second kappa shape index (κ2) is 8.72. The molecule has 8 heteroatoms. The fourth-order valence-corrected chi connectivity index (χ4v) is 4.30. The zero-order valence-corrected chi connectivity index (χ0v) is 19.0. The molecule has 0 atom stereocenters. The fraction of sp³-hybridized carbons (Fsp3) is 0.0769. The van der Waals surface area contributed by atoms with Gasteiger partial charge in [0, 0.05) is 30.5 Å². The van der Waals surface area contributed by atoms with Crippen molar-refractivity contribution >= 4 is 20.9 Å². The number of halogens is 1. The van der Waals surface area contributed by atoms with Crippen LogP contribution in [0.2, 0.25) is 0 Å². The third-order valence-electron chi connectivity index (χ3n) is 5.39. The van der Waals surface area contributed by atoms with Crippen LogP contribution in [0.25, 0.3) is 22.6 Å². The lowest BCUT2D eigenvalue weighted by molar-refractivity contribution is 0.477. The molecule has 0 radical (unpaired) electrons. The van der Waals surface area contributed by atoms with Gasteiger partial charge in [-0.15, -0.1) is 0 Å². The molecular formula is C26H20FN3O3S. The van der Waals surface area contributed by atoms with Crippen LogP contribution in [0.5, 0.6) is 11.5 Å². The number of nitrogens with zero attached hydrogens (tertiary/aromatic N) is 2. The fourth-order valence-electron chi connectivity index (χ4n) is 3.67. The smallest absolute Gasteiger partial charge is 0.175 e. The lowest BCUT2D eigenvalue weighted by atomic mass is 10.0. The normalized spacial score (nSPS) is 11.6. The molecule has 2 heterocycles. The SMILES string of the molecule is CS(=O)(=O)c1ccc(Oc2cc3nc(-c4ccccn4)[nH]c3cc2Cc2ccccc2F)cc1. The Balaban J connectivity index is 1.57. The number of hydrogen-bond acceptors (Lipinski definition) is 5. The summed E-state index contributed by atoms with van der Waals surface area (Å²) < 4.78 is 44.1. The third-order valence-corrected chi connectivity index (χ3v) is 6.52. The van der Waals surface area contributed by atoms with Gasteiger partial charge in [0.1, 0.15) is 23.0 Å². The highest BCUT2D eigenvalue weighted by Gasteiger charge is 2.15. The van der Waals surface area contributed by atoms with Crippen LogP contribution in [0.1, 0.15) is 11.1 Å². The number of benzene rings is 3. The van der Waals surface area contributed by atoms with E-state index in [2.05, 4.69) is 15.0 Å². The van der Waals surface area contributed by atoms with Crippen LogP contribution in [0.15, 0.2) is 90.0 Å². The van der Waals surface area contributed by atoms with Gasteiger partial charge in [-0.2, -0.15) is 0 Å². The number of nitrogens with one attached hydrogen (secondary N) is 1. The monoisotopic (exact) mass is 473 g/mol. The highest BCUT2D eigenvalue weighted by Crippen LogP contribution is 2.33. The summed E-state index contributed by atoms with van der Waals surface area (Å²) in [5.74, 6) is 1.27. The summed E-state index contributed by atoms with van der Waals surface area (Å²) in [4.78, 5) is 12.5. The Hall–Kier alpha value is -4.04. The topological polar surface area (TPSA) is 84.9 Å². The Morgan fingerprint density at radius 3 is 2.41 bits per heavy atom. The van der Waals surface area contributed by atoms with Gasteiger partial charge in [-0.05, 0) is 54.1 Å². The average molecular weight is 474 g/mol. The summed E-state index contributed by atoms with van der Waals surface area (Å²) >= 11 is 0. The number of fused-ring (bicyclic) bond motifs is 1. The first-order valence-corrected chi connectivity index (χ1v) is 12.4. The summed E-state index contributed by atoms with van der Waals surface area (Å²) in [6, 6.07) is 22.0. The molecule has 0 bridgehead atoms. The lowest BCUT2D eigenvalue weighted by Gasteiger charge is -2.12. The molecule has 5 rings (SSSR count). The molecule has 2 aromatic heterocycles. The van der Waals surface area contributed by atoms with Gasteiger partial charge in [-0.1, -0.05) is 24.3 Å². The second-order valence-corrected chi connectivity index (χ2v) is 9.91. The Bertz CT molecular complexity index is 1580. The van der Waals surface area contributed by atoms with E-state index < -0.39 is 9.84 Å². The minimum atomic E-state index is -3.32. The number of rotatable bonds is 6. The van der Waals surface area contributed by atoms with Crippen molar-refractivity contribution in [2.75, 3.05) is 6.26 Å². The van der Waals surface area contributed by atoms with Gasteiger partial charge in [-0.3, -0.25) is 4.98 Å². The van der Waals surface area contributed by atoms with E-state index in [1.54, 1.807) is 42.6 Å². The molecule has 0 saturated heterocycles. The molecular weight excluding hydrogens is 453 g/mol. The summed E-state index contributed by atoms with van der Waals surface area (Å²) in [6.07, 6.45) is 3.15. The van der Waals surface area contributed by atoms with E-state index >= 15 is 0 Å². The van der Waals surface area contributed by atoms with Gasteiger partial charge in [-0.25, -0.2) is 17.8 Å². The maximum atomic E-state index is 14.4. The standard InChI is InChI=1S/C26H20FN3O3S/c1-34(31,32)20-11-9-19(10-12-20)33-25-16-24-23(29-26(30-24)22-8-4-5-13-28-22)15-18(25)14-17-6-2-3-7-21(17)27/h2-13,15-16H,14H2,1H3,(H,29,30). The van der Waals surface area contributed by atoms with Gasteiger partial charge >= 0.3 is 0 Å². The first-order chi connectivity index (χ1) is 16.4. The number of H-pyrrole nitrogens is 1. The van der Waals surface area contributed by atoms with E-state index in [1.165, 1.54) is 18.2 Å². The van der Waals surface area contributed by atoms with Crippen LogP contribution in [0.3, 0.4) is 0 Å². The molecule has 5 aromatic rings. The number of ether oxygens (including phenoxy) is 1. The maximum absolute atomic E-state index is 14.4. The van der Waals surface area contributed by atoms with Crippen molar-refractivity contribution in [3.05, 3.63) is 102 Å². The van der Waals surface area contributed by atoms with Gasteiger partial charge < -0.3 is 9.72 Å². The number of pyridine rings is 1. The van der Waals surface area contributed by atoms with Crippen LogP contribution < -0.4 is 4.74 Å². The Labute approximate surface area is 196 Å². The zero-order valence-electron chi connectivity index (χ0n) is 18.2. The summed E-state index contributed by atoms with van der Waals surface area (Å²) in [5, 5.41) is 0. The third kappa shape index (κ3) is 4.53. The first-order valence-electron chi connectivity index (χ1n) is 10.5. The minimum absolute atomic E-state index is 0.203. The van der Waals surface area contributed by atoms with Crippen LogP contribution in [-0.4, -0.2) is 29.6 Å². The van der Waals surface area contributed by atoms with E-state index in [0.29, 0.717) is 40.5 Å². The zero-order chi connectivity index (χ0) is 23.7. The molecule has 0 fully saturated rings. The highest BCUT2D eigenvalue weighted by atomic mass is 32.2.